The van der Waals surface area contributed by atoms with Gasteiger partial charge in [-0.2, -0.15) is 5.10 Å². The highest BCUT2D eigenvalue weighted by Gasteiger charge is 2.34. The first kappa shape index (κ1) is 15.9. The van der Waals surface area contributed by atoms with Gasteiger partial charge in [0.2, 0.25) is 0 Å². The fourth-order valence-electron chi connectivity index (χ4n) is 3.07. The number of ether oxygens (including phenoxy) is 1. The van der Waals surface area contributed by atoms with Gasteiger partial charge in [-0.1, -0.05) is 18.2 Å². The second-order valence-corrected chi connectivity index (χ2v) is 5.99. The topological polar surface area (TPSA) is 113 Å². The van der Waals surface area contributed by atoms with Crippen molar-refractivity contribution in [3.05, 3.63) is 48.5 Å². The number of aromatic amines is 1. The summed E-state index contributed by atoms with van der Waals surface area (Å²) in [6, 6.07) is 14.1. The molecule has 0 radical (unpaired) electrons. The summed E-state index contributed by atoms with van der Waals surface area (Å²) >= 11 is 0. The zero-order chi connectivity index (χ0) is 18.1. The number of carbonyl (C=O) groups excluding carboxylic acids is 2. The summed E-state index contributed by atoms with van der Waals surface area (Å²) in [5, 5.41) is 9.92. The van der Waals surface area contributed by atoms with Gasteiger partial charge >= 0.3 is 6.03 Å². The lowest BCUT2D eigenvalue weighted by atomic mass is 10.2. The van der Waals surface area contributed by atoms with Gasteiger partial charge in [0.15, 0.2) is 11.9 Å². The molecule has 0 aliphatic carbocycles. The number of nitrogens with zero attached hydrogens (tertiary/aromatic N) is 2. The molecule has 0 saturated carbocycles. The van der Waals surface area contributed by atoms with Crippen LogP contribution in [0.25, 0.3) is 10.9 Å². The van der Waals surface area contributed by atoms with Gasteiger partial charge in [0.25, 0.3) is 5.91 Å². The standard InChI is InChI=1S/C18H17N5O3/c19-18(25)20-16-13-10-12(6-7-14(13)21-22-16)26-15-8-9-23(17(15)24)11-4-2-1-3-5-11/h1-7,10,15H,8-9H2,(H4,19,20,21,22,25). The molecule has 8 heteroatoms. The molecule has 3 amide bonds. The van der Waals surface area contributed by atoms with Crippen LogP contribution >= 0.6 is 0 Å². The number of amides is 3. The number of carbonyl (C=O) groups is 2. The lowest BCUT2D eigenvalue weighted by Crippen LogP contribution is -2.32. The van der Waals surface area contributed by atoms with E-state index in [4.69, 9.17) is 10.5 Å². The van der Waals surface area contributed by atoms with Crippen LogP contribution in [-0.2, 0) is 4.79 Å². The maximum atomic E-state index is 12.6. The number of fused-ring (bicyclic) bond motifs is 1. The Balaban J connectivity index is 1.54. The van der Waals surface area contributed by atoms with Crippen molar-refractivity contribution < 1.29 is 14.3 Å². The number of aromatic nitrogens is 2. The molecule has 0 spiro atoms. The number of nitrogens with two attached hydrogens (primary N) is 1. The van der Waals surface area contributed by atoms with Gasteiger partial charge < -0.3 is 15.4 Å². The fourth-order valence-corrected chi connectivity index (χ4v) is 3.07. The van der Waals surface area contributed by atoms with E-state index in [2.05, 4.69) is 15.5 Å². The van der Waals surface area contributed by atoms with Crippen LogP contribution in [0, 0.1) is 0 Å². The number of nitrogens with one attached hydrogen (secondary N) is 2. The molecule has 0 bridgehead atoms. The molecular weight excluding hydrogens is 334 g/mol. The summed E-state index contributed by atoms with van der Waals surface area (Å²) in [4.78, 5) is 25.4. The Kier molecular flexibility index (Phi) is 3.92. The van der Waals surface area contributed by atoms with Crippen molar-refractivity contribution in [1.82, 2.24) is 10.2 Å². The van der Waals surface area contributed by atoms with Gasteiger partial charge in [-0.3, -0.25) is 15.2 Å². The van der Waals surface area contributed by atoms with Gasteiger partial charge in [0.1, 0.15) is 5.75 Å². The minimum Gasteiger partial charge on any atom is -0.480 e. The van der Waals surface area contributed by atoms with Crippen LogP contribution in [-0.4, -0.2) is 34.8 Å². The lowest BCUT2D eigenvalue weighted by Gasteiger charge is -2.17. The van der Waals surface area contributed by atoms with E-state index in [1.807, 2.05) is 30.3 Å². The first-order valence-corrected chi connectivity index (χ1v) is 8.19. The van der Waals surface area contributed by atoms with Gasteiger partial charge in [0.05, 0.1) is 5.52 Å². The first-order valence-electron chi connectivity index (χ1n) is 8.19. The predicted molar refractivity (Wildman–Crippen MR) is 97.1 cm³/mol. The van der Waals surface area contributed by atoms with Crippen LogP contribution in [0.5, 0.6) is 5.75 Å². The van der Waals surface area contributed by atoms with Crippen LogP contribution in [0.1, 0.15) is 6.42 Å². The summed E-state index contributed by atoms with van der Waals surface area (Å²) in [5.41, 5.74) is 6.74. The van der Waals surface area contributed by atoms with E-state index < -0.39 is 12.1 Å². The quantitative estimate of drug-likeness (QED) is 0.669. The van der Waals surface area contributed by atoms with Crippen LogP contribution in [0.2, 0.25) is 0 Å². The number of anilines is 2. The molecule has 1 aliphatic rings. The molecule has 132 valence electrons. The van der Waals surface area contributed by atoms with E-state index in [-0.39, 0.29) is 5.91 Å². The molecule has 8 nitrogen and oxygen atoms in total. The first-order chi connectivity index (χ1) is 12.6. The number of hydrogen-bond acceptors (Lipinski definition) is 4. The van der Waals surface area contributed by atoms with Crippen molar-refractivity contribution in [3.8, 4) is 5.75 Å². The third-order valence-electron chi connectivity index (χ3n) is 4.28. The Morgan fingerprint density at radius 1 is 1.27 bits per heavy atom. The van der Waals surface area contributed by atoms with Gasteiger partial charge in [-0.05, 0) is 30.3 Å². The van der Waals surface area contributed by atoms with Crippen molar-refractivity contribution >= 4 is 34.3 Å². The molecular formula is C18H17N5O3. The van der Waals surface area contributed by atoms with Crippen molar-refractivity contribution in [2.45, 2.75) is 12.5 Å². The number of benzene rings is 2. The summed E-state index contributed by atoms with van der Waals surface area (Å²) in [5.74, 6) is 0.778. The molecule has 2 heterocycles. The molecule has 1 atom stereocenters. The fraction of sp³-hybridized carbons (Fsp3) is 0.167. The number of para-hydroxylation sites is 1. The molecule has 1 saturated heterocycles. The molecule has 4 N–H and O–H groups in total. The predicted octanol–water partition coefficient (Wildman–Crippen LogP) is 2.24. The number of rotatable bonds is 4. The van der Waals surface area contributed by atoms with Crippen LogP contribution < -0.4 is 20.7 Å². The molecule has 2 aromatic carbocycles. The van der Waals surface area contributed by atoms with Gasteiger partial charge in [0, 0.05) is 24.0 Å². The smallest absolute Gasteiger partial charge is 0.317 e. The molecule has 26 heavy (non-hydrogen) atoms. The minimum absolute atomic E-state index is 0.0704. The third kappa shape index (κ3) is 2.92. The summed E-state index contributed by atoms with van der Waals surface area (Å²) in [6.07, 6.45) is 0.0518. The second kappa shape index (κ2) is 6.40. The summed E-state index contributed by atoms with van der Waals surface area (Å²) < 4.78 is 5.90. The largest absolute Gasteiger partial charge is 0.480 e. The Bertz CT molecular complexity index is 969. The van der Waals surface area contributed by atoms with E-state index in [1.54, 1.807) is 23.1 Å². The molecule has 1 unspecified atom stereocenters. The summed E-state index contributed by atoms with van der Waals surface area (Å²) in [6.45, 7) is 0.607. The number of urea groups is 1. The van der Waals surface area contributed by atoms with E-state index in [0.717, 1.165) is 11.2 Å². The van der Waals surface area contributed by atoms with Gasteiger partial charge in [-0.25, -0.2) is 4.79 Å². The molecule has 1 aliphatic heterocycles. The lowest BCUT2D eigenvalue weighted by molar-refractivity contribution is -0.122. The Morgan fingerprint density at radius 3 is 2.85 bits per heavy atom. The van der Waals surface area contributed by atoms with E-state index in [0.29, 0.717) is 29.9 Å². The van der Waals surface area contributed by atoms with Crippen molar-refractivity contribution in [3.63, 3.8) is 0 Å². The van der Waals surface area contributed by atoms with Crippen LogP contribution in [0.15, 0.2) is 48.5 Å². The Labute approximate surface area is 148 Å². The molecule has 1 fully saturated rings. The maximum Gasteiger partial charge on any atom is 0.317 e. The SMILES string of the molecule is NC(=O)Nc1n[nH]c2ccc(OC3CCN(c4ccccc4)C3=O)cc12. The molecule has 4 rings (SSSR count). The highest BCUT2D eigenvalue weighted by molar-refractivity contribution is 6.00. The number of H-pyrrole nitrogens is 1. The average molecular weight is 351 g/mol. The van der Waals surface area contributed by atoms with Crippen LogP contribution in [0.4, 0.5) is 16.3 Å². The third-order valence-corrected chi connectivity index (χ3v) is 4.28. The van der Waals surface area contributed by atoms with Crippen molar-refractivity contribution in [2.75, 3.05) is 16.8 Å². The summed E-state index contributed by atoms with van der Waals surface area (Å²) in [7, 11) is 0. The Hall–Kier alpha value is -3.55. The van der Waals surface area contributed by atoms with Crippen molar-refractivity contribution in [1.29, 1.82) is 0 Å². The van der Waals surface area contributed by atoms with Crippen molar-refractivity contribution in [2.24, 2.45) is 5.73 Å². The normalized spacial score (nSPS) is 16.8. The van der Waals surface area contributed by atoms with E-state index >= 15 is 0 Å². The monoisotopic (exact) mass is 351 g/mol. The zero-order valence-electron chi connectivity index (χ0n) is 13.8. The molecule has 3 aromatic rings. The maximum absolute atomic E-state index is 12.6. The highest BCUT2D eigenvalue weighted by Crippen LogP contribution is 2.28. The van der Waals surface area contributed by atoms with Crippen LogP contribution in [0.3, 0.4) is 0 Å². The van der Waals surface area contributed by atoms with Gasteiger partial charge in [-0.15, -0.1) is 0 Å². The number of hydrogen-bond donors (Lipinski definition) is 3. The second-order valence-electron chi connectivity index (χ2n) is 5.99. The van der Waals surface area contributed by atoms with E-state index in [1.165, 1.54) is 0 Å². The minimum atomic E-state index is -0.700. The Morgan fingerprint density at radius 2 is 2.08 bits per heavy atom. The number of primary amides is 1. The highest BCUT2D eigenvalue weighted by atomic mass is 16.5. The zero-order valence-corrected chi connectivity index (χ0v) is 13.8. The average Bonchev–Trinajstić information content (AvgIpc) is 3.20. The van der Waals surface area contributed by atoms with E-state index in [9.17, 15) is 9.59 Å². The molecule has 1 aromatic heterocycles.